The highest BCUT2D eigenvalue weighted by Crippen LogP contribution is 1.98. The van der Waals surface area contributed by atoms with E-state index in [-0.39, 0.29) is 11.4 Å². The summed E-state index contributed by atoms with van der Waals surface area (Å²) in [6.45, 7) is 0.294. The highest BCUT2D eigenvalue weighted by Gasteiger charge is 2.07. The normalized spacial score (nSPS) is 10.5. The number of aryl methyl sites for hydroxylation is 2. The van der Waals surface area contributed by atoms with Crippen LogP contribution in [0.5, 0.6) is 0 Å². The van der Waals surface area contributed by atoms with E-state index in [2.05, 4.69) is 4.98 Å². The van der Waals surface area contributed by atoms with E-state index >= 15 is 0 Å². The van der Waals surface area contributed by atoms with Gasteiger partial charge in [0.25, 0.3) is 5.56 Å². The Labute approximate surface area is 103 Å². The quantitative estimate of drug-likeness (QED) is 0.810. The van der Waals surface area contributed by atoms with Gasteiger partial charge in [-0.25, -0.2) is 4.79 Å². The van der Waals surface area contributed by atoms with E-state index in [9.17, 15) is 9.59 Å². The summed E-state index contributed by atoms with van der Waals surface area (Å²) in [5, 5.41) is 0. The molecule has 2 N–H and O–H groups in total. The Balaban J connectivity index is 2.30. The number of aromatic nitrogens is 3. The Morgan fingerprint density at radius 3 is 2.83 bits per heavy atom. The topological polar surface area (TPSA) is 82.9 Å². The van der Waals surface area contributed by atoms with Crippen LogP contribution >= 0.6 is 0 Å². The first-order chi connectivity index (χ1) is 8.59. The third-order valence-electron chi connectivity index (χ3n) is 2.70. The minimum Gasteiger partial charge on any atom is -0.393 e. The van der Waals surface area contributed by atoms with Crippen molar-refractivity contribution < 1.29 is 0 Å². The van der Waals surface area contributed by atoms with Gasteiger partial charge in [-0.05, 0) is 18.1 Å². The van der Waals surface area contributed by atoms with Gasteiger partial charge in [0.2, 0.25) is 0 Å². The first-order valence-electron chi connectivity index (χ1n) is 5.54. The SMILES string of the molecule is Cn1cc(N)c(=O)n(CCc2cccnc2)c1=O. The molecule has 6 heteroatoms. The third-order valence-corrected chi connectivity index (χ3v) is 2.70. The van der Waals surface area contributed by atoms with Crippen LogP contribution in [-0.4, -0.2) is 14.1 Å². The minimum atomic E-state index is -0.443. The fraction of sp³-hybridized carbons (Fsp3) is 0.250. The van der Waals surface area contributed by atoms with Gasteiger partial charge in [0.05, 0.1) is 0 Å². The summed E-state index contributed by atoms with van der Waals surface area (Å²) >= 11 is 0. The first kappa shape index (κ1) is 12.1. The minimum absolute atomic E-state index is 0.0725. The van der Waals surface area contributed by atoms with Crippen molar-refractivity contribution in [1.29, 1.82) is 0 Å². The molecule has 0 aromatic carbocycles. The zero-order valence-electron chi connectivity index (χ0n) is 10.0. The van der Waals surface area contributed by atoms with Crippen LogP contribution in [0.4, 0.5) is 5.69 Å². The second-order valence-electron chi connectivity index (χ2n) is 4.05. The standard InChI is InChI=1S/C12H14N4O2/c1-15-8-10(13)11(17)16(12(15)18)6-4-9-3-2-5-14-7-9/h2-3,5,7-8H,4,6,13H2,1H3. The molecule has 0 radical (unpaired) electrons. The van der Waals surface area contributed by atoms with Crippen LogP contribution in [0.3, 0.4) is 0 Å². The van der Waals surface area contributed by atoms with Gasteiger partial charge >= 0.3 is 5.69 Å². The molecule has 0 saturated heterocycles. The number of nitrogens with two attached hydrogens (primary N) is 1. The van der Waals surface area contributed by atoms with Crippen molar-refractivity contribution in [2.75, 3.05) is 5.73 Å². The molecule has 6 nitrogen and oxygen atoms in total. The third kappa shape index (κ3) is 2.32. The van der Waals surface area contributed by atoms with Crippen molar-refractivity contribution in [2.24, 2.45) is 7.05 Å². The van der Waals surface area contributed by atoms with E-state index in [1.807, 2.05) is 12.1 Å². The zero-order chi connectivity index (χ0) is 13.1. The molecule has 0 aliphatic heterocycles. The summed E-state index contributed by atoms with van der Waals surface area (Å²) in [5.74, 6) is 0. The van der Waals surface area contributed by atoms with Crippen LogP contribution in [-0.2, 0) is 20.0 Å². The molecule has 0 saturated carbocycles. The van der Waals surface area contributed by atoms with Gasteiger partial charge in [0.1, 0.15) is 5.69 Å². The van der Waals surface area contributed by atoms with Gasteiger partial charge in [-0.1, -0.05) is 6.07 Å². The van der Waals surface area contributed by atoms with Crippen molar-refractivity contribution in [2.45, 2.75) is 13.0 Å². The first-order valence-corrected chi connectivity index (χ1v) is 5.54. The van der Waals surface area contributed by atoms with Crippen molar-refractivity contribution >= 4 is 5.69 Å². The molecule has 94 valence electrons. The Kier molecular flexibility index (Phi) is 3.27. The molecule has 18 heavy (non-hydrogen) atoms. The van der Waals surface area contributed by atoms with Crippen molar-refractivity contribution in [1.82, 2.24) is 14.1 Å². The van der Waals surface area contributed by atoms with Gasteiger partial charge in [0.15, 0.2) is 0 Å². The summed E-state index contributed by atoms with van der Waals surface area (Å²) in [6, 6.07) is 3.71. The molecule has 2 rings (SSSR count). The lowest BCUT2D eigenvalue weighted by Gasteiger charge is -2.08. The van der Waals surface area contributed by atoms with E-state index in [0.29, 0.717) is 13.0 Å². The number of hydrogen-bond acceptors (Lipinski definition) is 4. The molecule has 0 bridgehead atoms. The molecule has 0 atom stereocenters. The second-order valence-corrected chi connectivity index (χ2v) is 4.05. The summed E-state index contributed by atoms with van der Waals surface area (Å²) in [6.07, 6.45) is 5.29. The number of nitrogens with zero attached hydrogens (tertiary/aromatic N) is 3. The van der Waals surface area contributed by atoms with Crippen molar-refractivity contribution in [3.05, 3.63) is 57.1 Å². The maximum Gasteiger partial charge on any atom is 0.330 e. The smallest absolute Gasteiger partial charge is 0.330 e. The average molecular weight is 246 g/mol. The average Bonchev–Trinajstić information content (AvgIpc) is 2.38. The van der Waals surface area contributed by atoms with Crippen LogP contribution in [0.1, 0.15) is 5.56 Å². The maximum absolute atomic E-state index is 11.8. The fourth-order valence-corrected chi connectivity index (χ4v) is 1.74. The van der Waals surface area contributed by atoms with Crippen LogP contribution in [0, 0.1) is 0 Å². The van der Waals surface area contributed by atoms with Crippen LogP contribution in [0.25, 0.3) is 0 Å². The largest absolute Gasteiger partial charge is 0.393 e. The predicted molar refractivity (Wildman–Crippen MR) is 68.3 cm³/mol. The molecule has 0 unspecified atom stereocenters. The van der Waals surface area contributed by atoms with Gasteiger partial charge in [-0.3, -0.25) is 14.3 Å². The van der Waals surface area contributed by atoms with Gasteiger partial charge in [-0.2, -0.15) is 0 Å². The summed E-state index contributed by atoms with van der Waals surface area (Å²) in [7, 11) is 1.57. The fourth-order valence-electron chi connectivity index (χ4n) is 1.74. The number of rotatable bonds is 3. The number of anilines is 1. The highest BCUT2D eigenvalue weighted by molar-refractivity contribution is 5.30. The van der Waals surface area contributed by atoms with E-state index < -0.39 is 5.56 Å². The van der Waals surface area contributed by atoms with Gasteiger partial charge in [-0.15, -0.1) is 0 Å². The molecule has 0 aliphatic rings. The lowest BCUT2D eigenvalue weighted by Crippen LogP contribution is -2.40. The molecule has 0 fully saturated rings. The monoisotopic (exact) mass is 246 g/mol. The molecule has 0 spiro atoms. The van der Waals surface area contributed by atoms with Crippen LogP contribution in [0.15, 0.2) is 40.3 Å². The highest BCUT2D eigenvalue weighted by atomic mass is 16.2. The molecular formula is C12H14N4O2. The van der Waals surface area contributed by atoms with Gasteiger partial charge < -0.3 is 10.3 Å². The predicted octanol–water partition coefficient (Wildman–Crippen LogP) is -0.233. The molecule has 2 heterocycles. The molecule has 2 aromatic heterocycles. The number of nitrogen functional groups attached to an aromatic ring is 1. The summed E-state index contributed by atoms with van der Waals surface area (Å²) in [5.41, 5.74) is 5.79. The summed E-state index contributed by atoms with van der Waals surface area (Å²) in [4.78, 5) is 27.6. The zero-order valence-corrected chi connectivity index (χ0v) is 10.0. The van der Waals surface area contributed by atoms with Crippen molar-refractivity contribution in [3.63, 3.8) is 0 Å². The Bertz CT molecular complexity index is 624. The van der Waals surface area contributed by atoms with E-state index in [0.717, 1.165) is 10.1 Å². The Hall–Kier alpha value is -2.37. The lowest BCUT2D eigenvalue weighted by molar-refractivity contribution is 0.592. The Morgan fingerprint density at radius 2 is 2.17 bits per heavy atom. The lowest BCUT2D eigenvalue weighted by atomic mass is 10.2. The molecular weight excluding hydrogens is 232 g/mol. The number of pyridine rings is 1. The number of hydrogen-bond donors (Lipinski definition) is 1. The molecule has 0 aliphatic carbocycles. The van der Waals surface area contributed by atoms with Gasteiger partial charge in [0, 0.05) is 32.2 Å². The van der Waals surface area contributed by atoms with Crippen LogP contribution in [0.2, 0.25) is 0 Å². The van der Waals surface area contributed by atoms with Crippen LogP contribution < -0.4 is 17.0 Å². The maximum atomic E-state index is 11.8. The van der Waals surface area contributed by atoms with Crippen molar-refractivity contribution in [3.8, 4) is 0 Å². The Morgan fingerprint density at radius 1 is 1.39 bits per heavy atom. The van der Waals surface area contributed by atoms with E-state index in [1.165, 1.54) is 10.8 Å². The summed E-state index contributed by atoms with van der Waals surface area (Å²) < 4.78 is 2.45. The molecule has 0 amide bonds. The second kappa shape index (κ2) is 4.87. The van der Waals surface area contributed by atoms with E-state index in [1.54, 1.807) is 19.4 Å². The molecule has 2 aromatic rings. The van der Waals surface area contributed by atoms with E-state index in [4.69, 9.17) is 5.73 Å².